The summed E-state index contributed by atoms with van der Waals surface area (Å²) in [5.74, 6) is 1.75. The number of urea groups is 1. The van der Waals surface area contributed by atoms with Crippen molar-refractivity contribution >= 4 is 23.8 Å². The summed E-state index contributed by atoms with van der Waals surface area (Å²) < 4.78 is 10.7. The van der Waals surface area contributed by atoms with Gasteiger partial charge in [-0.25, -0.2) is 10.2 Å². The van der Waals surface area contributed by atoms with Crippen LogP contribution in [0.15, 0.2) is 23.3 Å². The number of hydrazone groups is 1. The molecule has 19 heavy (non-hydrogen) atoms. The van der Waals surface area contributed by atoms with Crippen molar-refractivity contribution in [3.05, 3.63) is 23.8 Å². The smallest absolute Gasteiger partial charge is 0.332 e. The number of rotatable bonds is 7. The fraction of sp³-hybridized carbons (Fsp3) is 0.333. The summed E-state index contributed by atoms with van der Waals surface area (Å²) in [6, 6.07) is 4.56. The molecule has 1 aromatic carbocycles. The molecule has 3 N–H and O–H groups in total. The highest BCUT2D eigenvalue weighted by molar-refractivity contribution is 6.17. The molecule has 0 aromatic heterocycles. The first kappa shape index (κ1) is 15.1. The van der Waals surface area contributed by atoms with Crippen LogP contribution in [0.25, 0.3) is 0 Å². The van der Waals surface area contributed by atoms with E-state index in [1.54, 1.807) is 25.3 Å². The van der Waals surface area contributed by atoms with Crippen molar-refractivity contribution in [2.24, 2.45) is 10.8 Å². The van der Waals surface area contributed by atoms with Gasteiger partial charge in [0, 0.05) is 5.88 Å². The fourth-order valence-corrected chi connectivity index (χ4v) is 1.40. The van der Waals surface area contributed by atoms with Gasteiger partial charge < -0.3 is 15.2 Å². The zero-order valence-electron chi connectivity index (χ0n) is 10.6. The average Bonchev–Trinajstić information content (AvgIpc) is 2.39. The Balaban J connectivity index is 2.76. The van der Waals surface area contributed by atoms with Crippen LogP contribution in [0.4, 0.5) is 4.79 Å². The number of benzene rings is 1. The number of nitrogens with zero attached hydrogens (tertiary/aromatic N) is 1. The molecule has 2 amide bonds. The van der Waals surface area contributed by atoms with Gasteiger partial charge in [0.05, 0.1) is 19.9 Å². The fourth-order valence-electron chi connectivity index (χ4n) is 1.29. The zero-order valence-corrected chi connectivity index (χ0v) is 11.3. The molecule has 0 aliphatic heterocycles. The summed E-state index contributed by atoms with van der Waals surface area (Å²) in [6.45, 7) is 0.500. The van der Waals surface area contributed by atoms with Crippen LogP contribution in [-0.2, 0) is 0 Å². The second-order valence-electron chi connectivity index (χ2n) is 3.54. The Kier molecular flexibility index (Phi) is 6.52. The van der Waals surface area contributed by atoms with Crippen molar-refractivity contribution in [3.63, 3.8) is 0 Å². The molecule has 0 saturated carbocycles. The van der Waals surface area contributed by atoms with Crippen LogP contribution in [0.1, 0.15) is 12.0 Å². The molecule has 104 valence electrons. The highest BCUT2D eigenvalue weighted by atomic mass is 35.5. The minimum absolute atomic E-state index is 0.500. The number of methoxy groups -OCH3 is 1. The van der Waals surface area contributed by atoms with Gasteiger partial charge in [-0.2, -0.15) is 5.10 Å². The molecule has 7 heteroatoms. The van der Waals surface area contributed by atoms with E-state index in [0.717, 1.165) is 12.0 Å². The predicted molar refractivity (Wildman–Crippen MR) is 74.1 cm³/mol. The molecule has 6 nitrogen and oxygen atoms in total. The lowest BCUT2D eigenvalue weighted by Crippen LogP contribution is -2.24. The number of primary amides is 1. The molecule has 0 bridgehead atoms. The van der Waals surface area contributed by atoms with Crippen molar-refractivity contribution < 1.29 is 14.3 Å². The maximum atomic E-state index is 10.5. The Morgan fingerprint density at radius 3 is 2.95 bits per heavy atom. The number of carbonyl (C=O) groups excluding carboxylic acids is 1. The second kappa shape index (κ2) is 8.20. The van der Waals surface area contributed by atoms with Gasteiger partial charge in [0.1, 0.15) is 0 Å². The number of halogens is 1. The van der Waals surface area contributed by atoms with E-state index in [9.17, 15) is 4.79 Å². The Bertz CT molecular complexity index is 452. The van der Waals surface area contributed by atoms with Gasteiger partial charge in [-0.05, 0) is 30.2 Å². The lowest BCUT2D eigenvalue weighted by molar-refractivity contribution is 0.249. The minimum atomic E-state index is -0.719. The summed E-state index contributed by atoms with van der Waals surface area (Å²) in [5, 5.41) is 3.67. The molecule has 0 saturated heterocycles. The molecule has 1 rings (SSSR count). The molecule has 0 fully saturated rings. The van der Waals surface area contributed by atoms with Crippen LogP contribution in [0.3, 0.4) is 0 Å². The first-order valence-electron chi connectivity index (χ1n) is 5.62. The van der Waals surface area contributed by atoms with Crippen molar-refractivity contribution in [1.29, 1.82) is 0 Å². The summed E-state index contributed by atoms with van der Waals surface area (Å²) in [6.07, 6.45) is 2.20. The number of amides is 2. The SMILES string of the molecule is COc1ccc(C=NNC(N)=O)cc1OCCCCl. The van der Waals surface area contributed by atoms with E-state index in [0.29, 0.717) is 24.0 Å². The Hall–Kier alpha value is -1.95. The standard InChI is InChI=1S/C12H16ClN3O3/c1-18-10-4-3-9(8-15-16-12(14)17)7-11(10)19-6-2-5-13/h3-4,7-8H,2,5-6H2,1H3,(H3,14,16,17). The summed E-state index contributed by atoms with van der Waals surface area (Å²) in [7, 11) is 1.56. The maximum Gasteiger partial charge on any atom is 0.332 e. The largest absolute Gasteiger partial charge is 0.493 e. The Morgan fingerprint density at radius 1 is 1.53 bits per heavy atom. The second-order valence-corrected chi connectivity index (χ2v) is 3.91. The van der Waals surface area contributed by atoms with E-state index in [2.05, 4.69) is 10.5 Å². The van der Waals surface area contributed by atoms with Crippen molar-refractivity contribution in [1.82, 2.24) is 5.43 Å². The molecule has 0 spiro atoms. The molecule has 0 aliphatic carbocycles. The third-order valence-corrected chi connectivity index (χ3v) is 2.38. The molecule has 0 aliphatic rings. The van der Waals surface area contributed by atoms with E-state index < -0.39 is 6.03 Å². The van der Waals surface area contributed by atoms with Crippen LogP contribution in [0.2, 0.25) is 0 Å². The van der Waals surface area contributed by atoms with E-state index in [4.69, 9.17) is 26.8 Å². The quantitative estimate of drug-likeness (QED) is 0.346. The van der Waals surface area contributed by atoms with Crippen LogP contribution in [-0.4, -0.2) is 31.8 Å². The van der Waals surface area contributed by atoms with Crippen LogP contribution in [0, 0.1) is 0 Å². The van der Waals surface area contributed by atoms with E-state index in [-0.39, 0.29) is 0 Å². The molecule has 1 aromatic rings. The normalized spacial score (nSPS) is 10.4. The molecule has 0 atom stereocenters. The Morgan fingerprint density at radius 2 is 2.32 bits per heavy atom. The number of nitrogens with one attached hydrogen (secondary N) is 1. The number of hydrogen-bond acceptors (Lipinski definition) is 4. The summed E-state index contributed by atoms with van der Waals surface area (Å²) >= 11 is 5.59. The van der Waals surface area contributed by atoms with Gasteiger partial charge >= 0.3 is 6.03 Å². The van der Waals surface area contributed by atoms with E-state index in [1.165, 1.54) is 6.21 Å². The number of nitrogens with two attached hydrogens (primary N) is 1. The first-order valence-corrected chi connectivity index (χ1v) is 6.16. The average molecular weight is 286 g/mol. The van der Waals surface area contributed by atoms with Crippen LogP contribution < -0.4 is 20.6 Å². The van der Waals surface area contributed by atoms with Crippen molar-refractivity contribution in [3.8, 4) is 11.5 Å². The monoisotopic (exact) mass is 285 g/mol. The predicted octanol–water partition coefficient (Wildman–Crippen LogP) is 1.71. The first-order chi connectivity index (χ1) is 9.17. The highest BCUT2D eigenvalue weighted by Gasteiger charge is 2.04. The number of carbonyl (C=O) groups is 1. The van der Waals surface area contributed by atoms with Crippen molar-refractivity contribution in [2.75, 3.05) is 19.6 Å². The lowest BCUT2D eigenvalue weighted by atomic mass is 10.2. The minimum Gasteiger partial charge on any atom is -0.493 e. The molecular weight excluding hydrogens is 270 g/mol. The van der Waals surface area contributed by atoms with Gasteiger partial charge in [-0.1, -0.05) is 0 Å². The zero-order chi connectivity index (χ0) is 14.1. The topological polar surface area (TPSA) is 85.9 Å². The molecule has 0 radical (unpaired) electrons. The maximum absolute atomic E-state index is 10.5. The van der Waals surface area contributed by atoms with Gasteiger partial charge in [0.25, 0.3) is 0 Å². The summed E-state index contributed by atoms with van der Waals surface area (Å²) in [5.41, 5.74) is 7.75. The Labute approximate surface area is 116 Å². The molecule has 0 unspecified atom stereocenters. The van der Waals surface area contributed by atoms with Gasteiger partial charge in [-0.15, -0.1) is 11.6 Å². The third-order valence-electron chi connectivity index (χ3n) is 2.11. The van der Waals surface area contributed by atoms with Gasteiger partial charge in [0.15, 0.2) is 11.5 Å². The number of ether oxygens (including phenoxy) is 2. The molecule has 0 heterocycles. The summed E-state index contributed by atoms with van der Waals surface area (Å²) in [4.78, 5) is 10.5. The number of alkyl halides is 1. The van der Waals surface area contributed by atoms with Gasteiger partial charge in [-0.3, -0.25) is 0 Å². The third kappa shape index (κ3) is 5.48. The van der Waals surface area contributed by atoms with Crippen LogP contribution >= 0.6 is 11.6 Å². The van der Waals surface area contributed by atoms with Crippen LogP contribution in [0.5, 0.6) is 11.5 Å². The van der Waals surface area contributed by atoms with Gasteiger partial charge in [0.2, 0.25) is 0 Å². The van der Waals surface area contributed by atoms with Crippen molar-refractivity contribution in [2.45, 2.75) is 6.42 Å². The highest BCUT2D eigenvalue weighted by Crippen LogP contribution is 2.27. The van der Waals surface area contributed by atoms with E-state index >= 15 is 0 Å². The number of hydrogen-bond donors (Lipinski definition) is 2. The lowest BCUT2D eigenvalue weighted by Gasteiger charge is -2.10. The molecular formula is C12H16ClN3O3. The van der Waals surface area contributed by atoms with E-state index in [1.807, 2.05) is 0 Å².